The van der Waals surface area contributed by atoms with E-state index in [1.54, 1.807) is 38.1 Å². The van der Waals surface area contributed by atoms with E-state index in [1.807, 2.05) is 6.07 Å². The van der Waals surface area contributed by atoms with Crippen LogP contribution in [0.1, 0.15) is 25.5 Å². The molecule has 0 aliphatic rings. The highest BCUT2D eigenvalue weighted by Gasteiger charge is 2.22. The molecular formula is C13H19NO3. The Kier molecular flexibility index (Phi) is 5.12. The summed E-state index contributed by atoms with van der Waals surface area (Å²) in [6, 6.07) is 8.29. The van der Waals surface area contributed by atoms with Gasteiger partial charge in [-0.1, -0.05) is 44.2 Å². The van der Waals surface area contributed by atoms with Crippen LogP contribution in [-0.4, -0.2) is 28.8 Å². The lowest BCUT2D eigenvalue weighted by atomic mass is 10.0. The Labute approximate surface area is 101 Å². The molecule has 17 heavy (non-hydrogen) atoms. The van der Waals surface area contributed by atoms with Crippen molar-refractivity contribution >= 4 is 5.91 Å². The van der Waals surface area contributed by atoms with Gasteiger partial charge in [-0.05, 0) is 5.56 Å². The van der Waals surface area contributed by atoms with Crippen molar-refractivity contribution in [3.05, 3.63) is 35.9 Å². The monoisotopic (exact) mass is 237 g/mol. The summed E-state index contributed by atoms with van der Waals surface area (Å²) in [5, 5.41) is 21.9. The lowest BCUT2D eigenvalue weighted by Crippen LogP contribution is -2.43. The first kappa shape index (κ1) is 13.7. The number of aliphatic hydroxyl groups excluding tert-OH is 2. The molecule has 0 fully saturated rings. The topological polar surface area (TPSA) is 69.6 Å². The molecule has 3 N–H and O–H groups in total. The van der Waals surface area contributed by atoms with E-state index < -0.39 is 12.1 Å². The minimum atomic E-state index is -0.899. The first-order chi connectivity index (χ1) is 8.06. The molecule has 0 heterocycles. The minimum absolute atomic E-state index is 0.174. The Morgan fingerprint density at radius 3 is 2.35 bits per heavy atom. The molecule has 0 saturated heterocycles. The molecule has 1 aromatic carbocycles. The van der Waals surface area contributed by atoms with Crippen LogP contribution >= 0.6 is 0 Å². The van der Waals surface area contributed by atoms with Gasteiger partial charge in [0, 0.05) is 5.92 Å². The maximum atomic E-state index is 11.5. The number of nitrogens with one attached hydrogen (secondary N) is 1. The molecule has 0 aliphatic heterocycles. The quantitative estimate of drug-likeness (QED) is 0.711. The molecular weight excluding hydrogens is 218 g/mol. The van der Waals surface area contributed by atoms with Gasteiger partial charge in [0.15, 0.2) is 0 Å². The molecule has 4 heteroatoms. The molecule has 0 aromatic heterocycles. The number of rotatable bonds is 5. The van der Waals surface area contributed by atoms with E-state index in [0.717, 1.165) is 0 Å². The zero-order chi connectivity index (χ0) is 12.8. The van der Waals surface area contributed by atoms with Gasteiger partial charge in [0.1, 0.15) is 6.10 Å². The Morgan fingerprint density at radius 1 is 1.29 bits per heavy atom. The van der Waals surface area contributed by atoms with Gasteiger partial charge in [0.25, 0.3) is 0 Å². The van der Waals surface area contributed by atoms with Crippen molar-refractivity contribution < 1.29 is 15.0 Å². The van der Waals surface area contributed by atoms with Crippen molar-refractivity contribution in [2.24, 2.45) is 5.92 Å². The van der Waals surface area contributed by atoms with Crippen molar-refractivity contribution in [3.8, 4) is 0 Å². The standard InChI is InChI=1S/C13H19NO3/c1-9(2)13(17)14-11(8-15)12(16)10-6-4-3-5-7-10/h3-7,9,11-12,15-16H,8H2,1-2H3,(H,14,17)/t11-,12-/m1/s1. The highest BCUT2D eigenvalue weighted by atomic mass is 16.3. The second-order valence-corrected chi connectivity index (χ2v) is 4.31. The summed E-state index contributed by atoms with van der Waals surface area (Å²) >= 11 is 0. The van der Waals surface area contributed by atoms with E-state index in [9.17, 15) is 15.0 Å². The molecule has 4 nitrogen and oxygen atoms in total. The minimum Gasteiger partial charge on any atom is -0.394 e. The Bertz CT molecular complexity index is 351. The SMILES string of the molecule is CC(C)C(=O)N[C@H](CO)[C@H](O)c1ccccc1. The van der Waals surface area contributed by atoms with E-state index >= 15 is 0 Å². The zero-order valence-corrected chi connectivity index (χ0v) is 10.1. The first-order valence-electron chi connectivity index (χ1n) is 5.70. The summed E-state index contributed by atoms with van der Waals surface area (Å²) in [5.74, 6) is -0.356. The second-order valence-electron chi connectivity index (χ2n) is 4.31. The van der Waals surface area contributed by atoms with Crippen LogP contribution in [0.2, 0.25) is 0 Å². The number of carbonyl (C=O) groups is 1. The van der Waals surface area contributed by atoms with Crippen LogP contribution < -0.4 is 5.32 Å². The molecule has 1 rings (SSSR count). The van der Waals surface area contributed by atoms with Crippen LogP contribution in [0.4, 0.5) is 0 Å². The molecule has 0 bridgehead atoms. The predicted molar refractivity (Wildman–Crippen MR) is 65.3 cm³/mol. The number of hydrogen-bond acceptors (Lipinski definition) is 3. The van der Waals surface area contributed by atoms with Crippen molar-refractivity contribution in [2.75, 3.05) is 6.61 Å². The van der Waals surface area contributed by atoms with Crippen LogP contribution in [0.5, 0.6) is 0 Å². The van der Waals surface area contributed by atoms with Gasteiger partial charge in [0.2, 0.25) is 5.91 Å². The summed E-state index contributed by atoms with van der Waals surface area (Å²) < 4.78 is 0. The summed E-state index contributed by atoms with van der Waals surface area (Å²) in [4.78, 5) is 11.5. The Hall–Kier alpha value is -1.39. The average molecular weight is 237 g/mol. The van der Waals surface area contributed by atoms with E-state index in [-0.39, 0.29) is 18.4 Å². The van der Waals surface area contributed by atoms with E-state index in [1.165, 1.54) is 0 Å². The molecule has 1 amide bonds. The highest BCUT2D eigenvalue weighted by Crippen LogP contribution is 2.16. The fourth-order valence-corrected chi connectivity index (χ4v) is 1.46. The Morgan fingerprint density at radius 2 is 1.88 bits per heavy atom. The molecule has 0 unspecified atom stereocenters. The van der Waals surface area contributed by atoms with Crippen molar-refractivity contribution in [2.45, 2.75) is 26.0 Å². The van der Waals surface area contributed by atoms with Gasteiger partial charge in [-0.15, -0.1) is 0 Å². The Balaban J connectivity index is 2.71. The highest BCUT2D eigenvalue weighted by molar-refractivity contribution is 5.78. The summed E-state index contributed by atoms with van der Waals surface area (Å²) in [6.07, 6.45) is -0.899. The maximum Gasteiger partial charge on any atom is 0.222 e. The van der Waals surface area contributed by atoms with Crippen molar-refractivity contribution in [3.63, 3.8) is 0 Å². The summed E-state index contributed by atoms with van der Waals surface area (Å²) in [5.41, 5.74) is 0.676. The number of amides is 1. The van der Waals surface area contributed by atoms with Crippen LogP contribution in [-0.2, 0) is 4.79 Å². The van der Waals surface area contributed by atoms with Gasteiger partial charge >= 0.3 is 0 Å². The number of benzene rings is 1. The largest absolute Gasteiger partial charge is 0.394 e. The maximum absolute atomic E-state index is 11.5. The third-order valence-electron chi connectivity index (χ3n) is 2.57. The van der Waals surface area contributed by atoms with Gasteiger partial charge in [0.05, 0.1) is 12.6 Å². The van der Waals surface area contributed by atoms with E-state index in [4.69, 9.17) is 0 Å². The van der Waals surface area contributed by atoms with Crippen molar-refractivity contribution in [1.29, 1.82) is 0 Å². The molecule has 0 spiro atoms. The van der Waals surface area contributed by atoms with Crippen LogP contribution in [0.25, 0.3) is 0 Å². The van der Waals surface area contributed by atoms with Gasteiger partial charge in [-0.3, -0.25) is 4.79 Å². The molecule has 94 valence electrons. The lowest BCUT2D eigenvalue weighted by Gasteiger charge is -2.23. The van der Waals surface area contributed by atoms with Gasteiger partial charge in [-0.25, -0.2) is 0 Å². The zero-order valence-electron chi connectivity index (χ0n) is 10.1. The van der Waals surface area contributed by atoms with Gasteiger partial charge in [-0.2, -0.15) is 0 Å². The number of carbonyl (C=O) groups excluding carboxylic acids is 1. The van der Waals surface area contributed by atoms with Crippen LogP contribution in [0.3, 0.4) is 0 Å². The average Bonchev–Trinajstić information content (AvgIpc) is 2.35. The number of aliphatic hydroxyl groups is 2. The van der Waals surface area contributed by atoms with E-state index in [2.05, 4.69) is 5.32 Å². The van der Waals surface area contributed by atoms with Crippen LogP contribution in [0, 0.1) is 5.92 Å². The molecule has 0 radical (unpaired) electrons. The summed E-state index contributed by atoms with van der Waals surface area (Å²) in [6.45, 7) is 3.23. The van der Waals surface area contributed by atoms with E-state index in [0.29, 0.717) is 5.56 Å². The third-order valence-corrected chi connectivity index (χ3v) is 2.57. The van der Waals surface area contributed by atoms with Gasteiger partial charge < -0.3 is 15.5 Å². The smallest absolute Gasteiger partial charge is 0.222 e. The summed E-state index contributed by atoms with van der Waals surface area (Å²) in [7, 11) is 0. The predicted octanol–water partition coefficient (Wildman–Crippen LogP) is 0.853. The second kappa shape index (κ2) is 6.37. The molecule has 2 atom stereocenters. The number of hydrogen-bond donors (Lipinski definition) is 3. The molecule has 0 saturated carbocycles. The van der Waals surface area contributed by atoms with Crippen LogP contribution in [0.15, 0.2) is 30.3 Å². The third kappa shape index (κ3) is 3.84. The first-order valence-corrected chi connectivity index (χ1v) is 5.70. The fraction of sp³-hybridized carbons (Fsp3) is 0.462. The lowest BCUT2D eigenvalue weighted by molar-refractivity contribution is -0.126. The molecule has 1 aromatic rings. The van der Waals surface area contributed by atoms with Crippen molar-refractivity contribution in [1.82, 2.24) is 5.32 Å². The normalized spacial score (nSPS) is 14.4. The fourth-order valence-electron chi connectivity index (χ4n) is 1.46. The molecule has 0 aliphatic carbocycles.